The fraction of sp³-hybridized carbons (Fsp3) is 0.654. The highest BCUT2D eigenvalue weighted by atomic mass is 32.2. The minimum Gasteiger partial charge on any atom is -0.394 e. The van der Waals surface area contributed by atoms with E-state index in [0.29, 0.717) is 12.8 Å². The number of anilines is 1. The number of thioether (sulfide) groups is 1. The Balaban J connectivity index is 1.51. The van der Waals surface area contributed by atoms with E-state index in [1.807, 2.05) is 0 Å². The average molecular weight is 685 g/mol. The Bertz CT molecular complexity index is 1680. The molecule has 0 aromatic carbocycles. The van der Waals surface area contributed by atoms with Gasteiger partial charge in [0, 0.05) is 40.5 Å². The van der Waals surface area contributed by atoms with Crippen molar-refractivity contribution in [1.82, 2.24) is 19.1 Å². The number of aliphatic hydroxyl groups excluding tert-OH is 1. The van der Waals surface area contributed by atoms with Crippen molar-refractivity contribution in [2.24, 2.45) is 10.5 Å². The fourth-order valence-electron chi connectivity index (χ4n) is 4.67. The minimum absolute atomic E-state index is 0.0494. The minimum atomic E-state index is -4.31. The molecule has 3 N–H and O–H groups in total. The normalized spacial score (nSPS) is 24.3. The van der Waals surface area contributed by atoms with Crippen LogP contribution in [0, 0.1) is 12.3 Å². The maximum absolute atomic E-state index is 14.0. The van der Waals surface area contributed by atoms with Gasteiger partial charge in [0.2, 0.25) is 0 Å². The van der Waals surface area contributed by atoms with Crippen LogP contribution in [0.2, 0.25) is 0 Å². The fourth-order valence-corrected chi connectivity index (χ4v) is 6.86. The molecule has 20 heteroatoms. The number of nitrogens with one attached hydrogen (secondary N) is 2. The number of H-pyrrole nitrogens is 1. The first kappa shape index (κ1) is 35.6. The van der Waals surface area contributed by atoms with Crippen LogP contribution in [-0.2, 0) is 27.9 Å². The van der Waals surface area contributed by atoms with Gasteiger partial charge < -0.3 is 14.6 Å². The molecule has 4 heterocycles. The van der Waals surface area contributed by atoms with Crippen LogP contribution >= 0.6 is 19.5 Å². The lowest BCUT2D eigenvalue weighted by atomic mass is 10.00. The largest absolute Gasteiger partial charge is 0.434 e. The molecule has 2 saturated heterocycles. The van der Waals surface area contributed by atoms with E-state index in [2.05, 4.69) is 25.1 Å². The first-order valence-electron chi connectivity index (χ1n) is 14.4. The number of aromatic nitrogens is 4. The van der Waals surface area contributed by atoms with Crippen LogP contribution in [0.15, 0.2) is 38.0 Å². The molecule has 0 bridgehead atoms. The number of nitrogens with zero attached hydrogens (tertiary/aromatic N) is 6. The van der Waals surface area contributed by atoms with Gasteiger partial charge in [-0.15, -0.1) is 0 Å². The van der Waals surface area contributed by atoms with Crippen molar-refractivity contribution < 1.29 is 33.0 Å². The molecule has 0 amide bonds. The molecule has 0 radical (unpaired) electrons. The number of hydrogen-bond acceptors (Lipinski definition) is 13. The third-order valence-corrected chi connectivity index (χ3v) is 9.90. The van der Waals surface area contributed by atoms with Gasteiger partial charge in [-0.05, 0) is 31.4 Å². The predicted octanol–water partition coefficient (Wildman–Crippen LogP) is 2.60. The summed E-state index contributed by atoms with van der Waals surface area (Å²) in [5.74, 6) is 0.00929. The molecule has 2 aliphatic heterocycles. The topological polar surface area (TPSA) is 242 Å². The highest BCUT2D eigenvalue weighted by Gasteiger charge is 2.39. The molecular formula is C26H37N8O10PS. The maximum atomic E-state index is 14.0. The Kier molecular flexibility index (Phi) is 11.7. The van der Waals surface area contributed by atoms with Gasteiger partial charge in [0.1, 0.15) is 18.3 Å². The zero-order valence-electron chi connectivity index (χ0n) is 25.7. The lowest BCUT2D eigenvalue weighted by Gasteiger charge is -2.23. The van der Waals surface area contributed by atoms with Crippen molar-refractivity contribution in [1.29, 1.82) is 0 Å². The van der Waals surface area contributed by atoms with Gasteiger partial charge in [-0.3, -0.25) is 37.8 Å². The third-order valence-electron chi connectivity index (χ3n) is 7.14. The molecule has 1 unspecified atom stereocenters. The number of aliphatic hydroxyl groups is 1. The molecule has 0 saturated carbocycles. The van der Waals surface area contributed by atoms with E-state index in [1.165, 1.54) is 30.0 Å². The molecule has 18 nitrogen and oxygen atoms in total. The number of ether oxygens (including phenoxy) is 2. The van der Waals surface area contributed by atoms with Crippen LogP contribution < -0.4 is 22.0 Å². The molecule has 2 fully saturated rings. The summed E-state index contributed by atoms with van der Waals surface area (Å²) in [6.07, 6.45) is 0.900. The van der Waals surface area contributed by atoms with Crippen molar-refractivity contribution in [3.05, 3.63) is 65.8 Å². The molecule has 6 atom stereocenters. The van der Waals surface area contributed by atoms with Crippen LogP contribution in [-0.4, -0.2) is 73.1 Å². The number of hydrogen-bond donors (Lipinski definition) is 3. The molecule has 0 aliphatic carbocycles. The van der Waals surface area contributed by atoms with Crippen LogP contribution in [0.25, 0.3) is 10.4 Å². The third kappa shape index (κ3) is 8.95. The van der Waals surface area contributed by atoms with Crippen molar-refractivity contribution in [2.75, 3.05) is 30.7 Å². The Morgan fingerprint density at radius 1 is 1.26 bits per heavy atom. The smallest absolute Gasteiger partial charge is 0.394 e. The van der Waals surface area contributed by atoms with Crippen molar-refractivity contribution in [3.8, 4) is 0 Å². The van der Waals surface area contributed by atoms with E-state index in [1.54, 1.807) is 20.8 Å². The van der Waals surface area contributed by atoms with Gasteiger partial charge in [0.05, 0.1) is 38.1 Å². The summed E-state index contributed by atoms with van der Waals surface area (Å²) in [7, 11) is -4.31. The highest BCUT2D eigenvalue weighted by Crippen LogP contribution is 2.48. The lowest BCUT2D eigenvalue weighted by molar-refractivity contribution is -0.117. The van der Waals surface area contributed by atoms with Crippen LogP contribution in [0.1, 0.15) is 58.1 Å². The molecular weight excluding hydrogens is 647 g/mol. The van der Waals surface area contributed by atoms with E-state index in [-0.39, 0.29) is 41.9 Å². The zero-order chi connectivity index (χ0) is 33.6. The van der Waals surface area contributed by atoms with E-state index in [9.17, 15) is 28.8 Å². The SMILES string of the molecule is Cc1cn([C@H]2C[C@H](N=[N+]=[N-])[C@@H](COP(=O)(Nc3ccn([C@H]4CC[C@@H](CO)O4)c(=O)n3)OCCSC(=O)C(C)(C)C)O2)c(=O)[nH]c1=O. The second-order valence-electron chi connectivity index (χ2n) is 11.7. The first-order valence-corrected chi connectivity index (χ1v) is 17.0. The van der Waals surface area contributed by atoms with Gasteiger partial charge in [-0.2, -0.15) is 4.98 Å². The summed E-state index contributed by atoms with van der Waals surface area (Å²) in [5, 5.41) is 15.5. The van der Waals surface area contributed by atoms with Gasteiger partial charge in [-0.25, -0.2) is 14.2 Å². The highest BCUT2D eigenvalue weighted by molar-refractivity contribution is 8.13. The molecule has 2 aliphatic rings. The molecule has 2 aromatic heterocycles. The van der Waals surface area contributed by atoms with E-state index >= 15 is 0 Å². The van der Waals surface area contributed by atoms with Gasteiger partial charge in [0.25, 0.3) is 5.56 Å². The molecule has 2 aromatic rings. The van der Waals surface area contributed by atoms with E-state index < -0.39 is 67.4 Å². The standard InChI is InChI=1S/C26H37N8O10PS/c1-15-12-34(25(39)29-22(15)36)21-11-17(30-32-27)18(44-21)14-42-45(40,41-9-10-46-23(37)26(2,3)4)31-19-7-8-33(24(38)28-19)20-6-5-16(13-35)43-20/h7-8,12,16-18,20-21,35H,5-6,9-11,13-14H2,1-4H3,(H,29,36,39)(H,28,31,38,40)/t16-,17-,18+,20+,21+,45?/m0/s1. The molecule has 0 spiro atoms. The summed E-state index contributed by atoms with van der Waals surface area (Å²) in [5.41, 5.74) is 6.79. The van der Waals surface area contributed by atoms with Gasteiger partial charge in [-0.1, -0.05) is 37.6 Å². The Hall–Kier alpha value is -3.28. The first-order chi connectivity index (χ1) is 21.7. The van der Waals surface area contributed by atoms with Gasteiger partial charge >= 0.3 is 19.1 Å². The van der Waals surface area contributed by atoms with Crippen molar-refractivity contribution in [3.63, 3.8) is 0 Å². The quantitative estimate of drug-likeness (QED) is 0.0904. The number of rotatable bonds is 13. The predicted molar refractivity (Wildman–Crippen MR) is 166 cm³/mol. The second kappa shape index (κ2) is 15.1. The van der Waals surface area contributed by atoms with Crippen molar-refractivity contribution >= 4 is 30.4 Å². The molecule has 252 valence electrons. The number of aryl methyl sites for hydroxylation is 1. The lowest BCUT2D eigenvalue weighted by Crippen LogP contribution is -2.33. The van der Waals surface area contributed by atoms with E-state index in [4.69, 9.17) is 24.1 Å². The summed E-state index contributed by atoms with van der Waals surface area (Å²) in [6.45, 7) is 6.02. The Labute approximate surface area is 267 Å². The number of carbonyl (C=O) groups excluding carboxylic acids is 1. The van der Waals surface area contributed by atoms with Crippen LogP contribution in [0.4, 0.5) is 5.82 Å². The summed E-state index contributed by atoms with van der Waals surface area (Å²) < 4.78 is 39.2. The van der Waals surface area contributed by atoms with Crippen LogP contribution in [0.5, 0.6) is 0 Å². The Morgan fingerprint density at radius 3 is 2.67 bits per heavy atom. The maximum Gasteiger partial charge on any atom is 0.434 e. The average Bonchev–Trinajstić information content (AvgIpc) is 3.63. The number of carbonyl (C=O) groups is 1. The Morgan fingerprint density at radius 2 is 2.02 bits per heavy atom. The van der Waals surface area contributed by atoms with Crippen molar-refractivity contribution in [2.45, 2.75) is 77.7 Å². The van der Waals surface area contributed by atoms with E-state index in [0.717, 1.165) is 16.3 Å². The summed E-state index contributed by atoms with van der Waals surface area (Å²) in [4.78, 5) is 58.4. The van der Waals surface area contributed by atoms with Crippen LogP contribution in [0.3, 0.4) is 0 Å². The molecule has 4 rings (SSSR count). The second-order valence-corrected chi connectivity index (χ2v) is 14.5. The zero-order valence-corrected chi connectivity index (χ0v) is 27.4. The number of aromatic amines is 1. The van der Waals surface area contributed by atoms with Gasteiger partial charge in [0.15, 0.2) is 5.12 Å². The molecule has 46 heavy (non-hydrogen) atoms. The number of azide groups is 1. The summed E-state index contributed by atoms with van der Waals surface area (Å²) in [6, 6.07) is 0.531. The monoisotopic (exact) mass is 684 g/mol. The summed E-state index contributed by atoms with van der Waals surface area (Å²) >= 11 is 0.996.